The van der Waals surface area contributed by atoms with E-state index in [9.17, 15) is 14.4 Å². The molecule has 0 atom stereocenters. The molecule has 5 heteroatoms. The molecule has 0 bridgehead atoms. The summed E-state index contributed by atoms with van der Waals surface area (Å²) in [5, 5.41) is 0.822. The summed E-state index contributed by atoms with van der Waals surface area (Å²) in [7, 11) is 0. The van der Waals surface area contributed by atoms with Crippen molar-refractivity contribution < 1.29 is 14.4 Å². The molecule has 0 heterocycles. The van der Waals surface area contributed by atoms with Gasteiger partial charge in [0.2, 0.25) is 0 Å². The van der Waals surface area contributed by atoms with Crippen LogP contribution in [0, 0.1) is 5.92 Å². The molecule has 3 nitrogen and oxygen atoms in total. The van der Waals surface area contributed by atoms with E-state index in [1.165, 1.54) is 0 Å². The number of ketones is 3. The molecule has 0 amide bonds. The van der Waals surface area contributed by atoms with Gasteiger partial charge in [-0.15, -0.1) is 0 Å². The van der Waals surface area contributed by atoms with Crippen LogP contribution in [-0.2, 0) is 20.8 Å². The van der Waals surface area contributed by atoms with E-state index >= 15 is 0 Å². The van der Waals surface area contributed by atoms with E-state index in [1.54, 1.807) is 18.2 Å². The topological polar surface area (TPSA) is 51.2 Å². The van der Waals surface area contributed by atoms with Gasteiger partial charge in [0, 0.05) is 19.3 Å². The fourth-order valence-corrected chi connectivity index (χ4v) is 3.70. The van der Waals surface area contributed by atoms with Gasteiger partial charge in [0.05, 0.1) is 10.0 Å². The number of benzene rings is 2. The maximum atomic E-state index is 12.5. The lowest BCUT2D eigenvalue weighted by atomic mass is 9.74. The Morgan fingerprint density at radius 1 is 0.923 bits per heavy atom. The molecule has 0 N–H and O–H groups in total. The average Bonchev–Trinajstić information content (AvgIpc) is 2.62. The number of carbonyl (C=O) groups is 3. The summed E-state index contributed by atoms with van der Waals surface area (Å²) in [4.78, 5) is 37.4. The molecule has 0 radical (unpaired) electrons. The van der Waals surface area contributed by atoms with Crippen LogP contribution < -0.4 is 0 Å². The Hall–Kier alpha value is -1.97. The quantitative estimate of drug-likeness (QED) is 0.689. The fraction of sp³-hybridized carbons (Fsp3) is 0.286. The molecule has 0 unspecified atom stereocenters. The highest BCUT2D eigenvalue weighted by molar-refractivity contribution is 6.42. The van der Waals surface area contributed by atoms with Gasteiger partial charge in [-0.1, -0.05) is 59.6 Å². The molecule has 1 fully saturated rings. The molecule has 0 spiro atoms. The van der Waals surface area contributed by atoms with Crippen molar-refractivity contribution in [1.29, 1.82) is 0 Å². The average molecular weight is 389 g/mol. The summed E-state index contributed by atoms with van der Waals surface area (Å²) in [5.41, 5.74) is 1.82. The van der Waals surface area contributed by atoms with Crippen LogP contribution in [0.4, 0.5) is 0 Å². The van der Waals surface area contributed by atoms with Crippen LogP contribution in [0.15, 0.2) is 48.5 Å². The van der Waals surface area contributed by atoms with E-state index in [1.807, 2.05) is 30.3 Å². The molecular weight excluding hydrogens is 371 g/mol. The Morgan fingerprint density at radius 3 is 2.19 bits per heavy atom. The van der Waals surface area contributed by atoms with Gasteiger partial charge in [-0.3, -0.25) is 14.4 Å². The fourth-order valence-electron chi connectivity index (χ4n) is 3.39. The van der Waals surface area contributed by atoms with Crippen LogP contribution >= 0.6 is 23.2 Å². The zero-order valence-corrected chi connectivity index (χ0v) is 15.6. The molecule has 26 heavy (non-hydrogen) atoms. The summed E-state index contributed by atoms with van der Waals surface area (Å²) >= 11 is 11.9. The molecule has 0 aliphatic heterocycles. The zero-order chi connectivity index (χ0) is 18.7. The third-order valence-electron chi connectivity index (χ3n) is 4.78. The third kappa shape index (κ3) is 4.22. The minimum absolute atomic E-state index is 0.172. The van der Waals surface area contributed by atoms with Gasteiger partial charge in [-0.05, 0) is 35.6 Å². The van der Waals surface area contributed by atoms with Gasteiger partial charge in [0.15, 0.2) is 17.3 Å². The summed E-state index contributed by atoms with van der Waals surface area (Å²) in [6, 6.07) is 14.7. The van der Waals surface area contributed by atoms with Gasteiger partial charge >= 0.3 is 0 Å². The highest BCUT2D eigenvalue weighted by Crippen LogP contribution is 2.35. The van der Waals surface area contributed by atoms with Gasteiger partial charge in [-0.25, -0.2) is 0 Å². The molecule has 1 aliphatic rings. The SMILES string of the molecule is O=C(CCc1ccccc1)C1C(=O)CC(c2ccc(Cl)c(Cl)c2)CC1=O. The maximum Gasteiger partial charge on any atom is 0.151 e. The van der Waals surface area contributed by atoms with Gasteiger partial charge in [-0.2, -0.15) is 0 Å². The lowest BCUT2D eigenvalue weighted by Gasteiger charge is -2.26. The first-order valence-corrected chi connectivity index (χ1v) is 9.28. The van der Waals surface area contributed by atoms with Crippen molar-refractivity contribution in [3.05, 3.63) is 69.7 Å². The van der Waals surface area contributed by atoms with Crippen molar-refractivity contribution in [2.45, 2.75) is 31.6 Å². The van der Waals surface area contributed by atoms with E-state index < -0.39 is 5.92 Å². The van der Waals surface area contributed by atoms with Crippen molar-refractivity contribution >= 4 is 40.6 Å². The minimum atomic E-state index is -1.11. The van der Waals surface area contributed by atoms with Crippen LogP contribution in [0.25, 0.3) is 0 Å². The number of rotatable bonds is 5. The predicted molar refractivity (Wildman–Crippen MR) is 102 cm³/mol. The normalized spacial score (nSPS) is 20.2. The molecule has 1 saturated carbocycles. The Morgan fingerprint density at radius 2 is 1.58 bits per heavy atom. The van der Waals surface area contributed by atoms with Gasteiger partial charge in [0.25, 0.3) is 0 Å². The van der Waals surface area contributed by atoms with E-state index in [4.69, 9.17) is 23.2 Å². The standard InChI is InChI=1S/C21H18Cl2O3/c22-16-8-7-14(10-17(16)23)15-11-19(25)21(20(26)12-15)18(24)9-6-13-4-2-1-3-5-13/h1-5,7-8,10,15,21H,6,9,11-12H2. The Bertz CT molecular complexity index is 828. The summed E-state index contributed by atoms with van der Waals surface area (Å²) in [6.07, 6.45) is 1.08. The van der Waals surface area contributed by atoms with Crippen LogP contribution in [0.3, 0.4) is 0 Å². The van der Waals surface area contributed by atoms with Gasteiger partial charge in [0.1, 0.15) is 5.92 Å². The number of hydrogen-bond acceptors (Lipinski definition) is 3. The van der Waals surface area contributed by atoms with E-state index in [-0.39, 0.29) is 42.5 Å². The largest absolute Gasteiger partial charge is 0.298 e. The molecule has 1 aliphatic carbocycles. The minimum Gasteiger partial charge on any atom is -0.298 e. The first-order valence-electron chi connectivity index (χ1n) is 8.52. The molecule has 134 valence electrons. The number of halogens is 2. The van der Waals surface area contributed by atoms with Crippen molar-refractivity contribution in [2.24, 2.45) is 5.92 Å². The van der Waals surface area contributed by atoms with Crippen molar-refractivity contribution in [1.82, 2.24) is 0 Å². The lowest BCUT2D eigenvalue weighted by Crippen LogP contribution is -2.38. The predicted octanol–water partition coefficient (Wildman–Crippen LogP) is 4.83. The maximum absolute atomic E-state index is 12.5. The highest BCUT2D eigenvalue weighted by Gasteiger charge is 2.40. The summed E-state index contributed by atoms with van der Waals surface area (Å²) < 4.78 is 0. The van der Waals surface area contributed by atoms with Gasteiger partial charge < -0.3 is 0 Å². The molecular formula is C21H18Cl2O3. The summed E-state index contributed by atoms with van der Waals surface area (Å²) in [6.45, 7) is 0. The first-order chi connectivity index (χ1) is 12.5. The van der Waals surface area contributed by atoms with Crippen molar-refractivity contribution in [3.63, 3.8) is 0 Å². The Kier molecular flexibility index (Phi) is 5.90. The number of aryl methyl sites for hydroxylation is 1. The Labute approximate surface area is 162 Å². The van der Waals surface area contributed by atoms with Crippen LogP contribution in [0.5, 0.6) is 0 Å². The highest BCUT2D eigenvalue weighted by atomic mass is 35.5. The molecule has 0 aromatic heterocycles. The van der Waals surface area contributed by atoms with E-state index in [0.717, 1.165) is 11.1 Å². The van der Waals surface area contributed by atoms with E-state index in [2.05, 4.69) is 0 Å². The van der Waals surface area contributed by atoms with Crippen LogP contribution in [0.2, 0.25) is 10.0 Å². The van der Waals surface area contributed by atoms with E-state index in [0.29, 0.717) is 16.5 Å². The van der Waals surface area contributed by atoms with Crippen molar-refractivity contribution in [3.8, 4) is 0 Å². The zero-order valence-electron chi connectivity index (χ0n) is 14.1. The second kappa shape index (κ2) is 8.15. The molecule has 0 saturated heterocycles. The number of Topliss-reactive ketones (excluding diaryl/α,β-unsaturated/α-hetero) is 3. The number of carbonyl (C=O) groups excluding carboxylic acids is 3. The summed E-state index contributed by atoms with van der Waals surface area (Å²) in [5.74, 6) is -2.23. The smallest absolute Gasteiger partial charge is 0.151 e. The molecule has 2 aromatic carbocycles. The molecule has 3 rings (SSSR count). The van der Waals surface area contributed by atoms with Crippen LogP contribution in [-0.4, -0.2) is 17.3 Å². The van der Waals surface area contributed by atoms with Crippen molar-refractivity contribution in [2.75, 3.05) is 0 Å². The second-order valence-corrected chi connectivity index (χ2v) is 7.41. The first kappa shape index (κ1) is 18.8. The lowest BCUT2D eigenvalue weighted by molar-refractivity contribution is -0.142. The number of hydrogen-bond donors (Lipinski definition) is 0. The Balaban J connectivity index is 1.66. The second-order valence-electron chi connectivity index (χ2n) is 6.60. The molecule has 2 aromatic rings. The van der Waals surface area contributed by atoms with Crippen LogP contribution in [0.1, 0.15) is 36.3 Å². The third-order valence-corrected chi connectivity index (χ3v) is 5.52. The monoisotopic (exact) mass is 388 g/mol.